The maximum atomic E-state index is 5.58. The molecule has 4 heteroatoms. The molecule has 1 aliphatic heterocycles. The summed E-state index contributed by atoms with van der Waals surface area (Å²) in [5.74, 6) is 1.86. The molecule has 1 aromatic carbocycles. The molecule has 0 bridgehead atoms. The van der Waals surface area contributed by atoms with Gasteiger partial charge in [0.25, 0.3) is 0 Å². The van der Waals surface area contributed by atoms with Crippen molar-refractivity contribution in [2.75, 3.05) is 32.1 Å². The molecule has 0 amide bonds. The van der Waals surface area contributed by atoms with Crippen LogP contribution in [0.2, 0.25) is 0 Å². The third-order valence-corrected chi connectivity index (χ3v) is 3.61. The summed E-state index contributed by atoms with van der Waals surface area (Å²) in [4.78, 5) is 4.64. The Hall–Kier alpha value is -1.94. The Balaban J connectivity index is 1.90. The fourth-order valence-corrected chi connectivity index (χ4v) is 2.60. The van der Waals surface area contributed by atoms with Crippen LogP contribution in [0.15, 0.2) is 47.1 Å². The normalized spacial score (nSPS) is 19.9. The Bertz CT molecular complexity index is 522. The fraction of sp³-hybridized carbons (Fsp3) is 0.333. The summed E-state index contributed by atoms with van der Waals surface area (Å²) in [6.45, 7) is 2.02. The lowest BCUT2D eigenvalue weighted by atomic mass is 10.2. The number of benzene rings is 1. The lowest BCUT2D eigenvalue weighted by Crippen LogP contribution is -2.28. The van der Waals surface area contributed by atoms with E-state index in [4.69, 9.17) is 9.15 Å². The molecule has 1 atom stereocenters. The van der Waals surface area contributed by atoms with Crippen LogP contribution in [0.3, 0.4) is 0 Å². The van der Waals surface area contributed by atoms with Gasteiger partial charge in [-0.1, -0.05) is 0 Å². The first-order valence-electron chi connectivity index (χ1n) is 6.44. The van der Waals surface area contributed by atoms with Crippen molar-refractivity contribution in [3.05, 3.63) is 48.4 Å². The largest absolute Gasteiger partial charge is 0.497 e. The van der Waals surface area contributed by atoms with Gasteiger partial charge in [0.15, 0.2) is 0 Å². The van der Waals surface area contributed by atoms with Crippen LogP contribution < -0.4 is 9.64 Å². The second kappa shape index (κ2) is 4.97. The highest BCUT2D eigenvalue weighted by Gasteiger charge is 2.32. The number of nitrogens with zero attached hydrogens (tertiary/aromatic N) is 2. The third-order valence-electron chi connectivity index (χ3n) is 3.61. The fourth-order valence-electron chi connectivity index (χ4n) is 2.60. The second-order valence-electron chi connectivity index (χ2n) is 4.76. The lowest BCUT2D eigenvalue weighted by Gasteiger charge is -2.28. The smallest absolute Gasteiger partial charge is 0.142 e. The summed E-state index contributed by atoms with van der Waals surface area (Å²) >= 11 is 0. The summed E-state index contributed by atoms with van der Waals surface area (Å²) in [7, 11) is 3.81. The number of hydrogen-bond acceptors (Lipinski definition) is 4. The standard InChI is InChI=1S/C15H18N2O2/c1-16-9-10-17(15(16)14-4-3-11-19-14)12-5-7-13(18-2)8-6-12/h3-8,11,15H,9-10H2,1-2H3. The Morgan fingerprint density at radius 2 is 1.95 bits per heavy atom. The van der Waals surface area contributed by atoms with Gasteiger partial charge in [-0.2, -0.15) is 0 Å². The molecule has 1 fully saturated rings. The van der Waals surface area contributed by atoms with E-state index in [-0.39, 0.29) is 6.17 Å². The maximum absolute atomic E-state index is 5.58. The van der Waals surface area contributed by atoms with Crippen LogP contribution in [-0.2, 0) is 0 Å². The monoisotopic (exact) mass is 258 g/mol. The third kappa shape index (κ3) is 2.19. The molecule has 3 rings (SSSR count). The van der Waals surface area contributed by atoms with E-state index in [0.717, 1.165) is 24.6 Å². The van der Waals surface area contributed by atoms with Crippen LogP contribution in [-0.4, -0.2) is 32.1 Å². The topological polar surface area (TPSA) is 28.9 Å². The molecule has 2 aromatic rings. The van der Waals surface area contributed by atoms with Gasteiger partial charge < -0.3 is 14.1 Å². The summed E-state index contributed by atoms with van der Waals surface area (Å²) in [6, 6.07) is 12.1. The van der Waals surface area contributed by atoms with E-state index < -0.39 is 0 Å². The summed E-state index contributed by atoms with van der Waals surface area (Å²) < 4.78 is 10.8. The number of ether oxygens (including phenoxy) is 1. The van der Waals surface area contributed by atoms with Crippen molar-refractivity contribution in [3.63, 3.8) is 0 Å². The van der Waals surface area contributed by atoms with Crippen molar-refractivity contribution in [1.82, 2.24) is 4.90 Å². The highest BCUT2D eigenvalue weighted by atomic mass is 16.5. The van der Waals surface area contributed by atoms with Crippen LogP contribution in [0.25, 0.3) is 0 Å². The van der Waals surface area contributed by atoms with Gasteiger partial charge in [-0.25, -0.2) is 0 Å². The van der Waals surface area contributed by atoms with Gasteiger partial charge in [-0.05, 0) is 43.4 Å². The van der Waals surface area contributed by atoms with Gasteiger partial charge in [0, 0.05) is 18.8 Å². The zero-order valence-electron chi connectivity index (χ0n) is 11.2. The first-order chi connectivity index (χ1) is 9.29. The average Bonchev–Trinajstić information content (AvgIpc) is 3.08. The van der Waals surface area contributed by atoms with E-state index in [9.17, 15) is 0 Å². The zero-order chi connectivity index (χ0) is 13.2. The Kier molecular flexibility index (Phi) is 3.17. The highest BCUT2D eigenvalue weighted by molar-refractivity contribution is 5.51. The van der Waals surface area contributed by atoms with Gasteiger partial charge in [0.1, 0.15) is 17.7 Å². The predicted molar refractivity (Wildman–Crippen MR) is 74.4 cm³/mol. The van der Waals surface area contributed by atoms with Gasteiger partial charge in [0.2, 0.25) is 0 Å². The molecule has 1 unspecified atom stereocenters. The van der Waals surface area contributed by atoms with Gasteiger partial charge >= 0.3 is 0 Å². The van der Waals surface area contributed by atoms with Crippen LogP contribution in [0.4, 0.5) is 5.69 Å². The average molecular weight is 258 g/mol. The van der Waals surface area contributed by atoms with Gasteiger partial charge in [-0.3, -0.25) is 4.90 Å². The molecular formula is C15H18N2O2. The number of likely N-dealkylation sites (N-methyl/N-ethyl adjacent to an activating group) is 1. The molecule has 0 saturated carbocycles. The van der Waals surface area contributed by atoms with Crippen LogP contribution in [0, 0.1) is 0 Å². The molecule has 0 spiro atoms. The quantitative estimate of drug-likeness (QED) is 0.846. The van der Waals surface area contributed by atoms with E-state index >= 15 is 0 Å². The molecule has 0 radical (unpaired) electrons. The number of rotatable bonds is 3. The minimum absolute atomic E-state index is 0.170. The molecule has 1 aromatic heterocycles. The molecule has 100 valence electrons. The van der Waals surface area contributed by atoms with Crippen molar-refractivity contribution >= 4 is 5.69 Å². The van der Waals surface area contributed by atoms with E-state index in [1.165, 1.54) is 5.69 Å². The van der Waals surface area contributed by atoms with Crippen LogP contribution in [0.1, 0.15) is 11.9 Å². The number of furan rings is 1. The molecule has 19 heavy (non-hydrogen) atoms. The van der Waals surface area contributed by atoms with E-state index in [1.807, 2.05) is 24.3 Å². The van der Waals surface area contributed by atoms with Crippen molar-refractivity contribution in [2.24, 2.45) is 0 Å². The van der Waals surface area contributed by atoms with Crippen molar-refractivity contribution in [1.29, 1.82) is 0 Å². The predicted octanol–water partition coefficient (Wildman–Crippen LogP) is 2.74. The Morgan fingerprint density at radius 3 is 2.58 bits per heavy atom. The van der Waals surface area contributed by atoms with Crippen molar-refractivity contribution < 1.29 is 9.15 Å². The van der Waals surface area contributed by atoms with Gasteiger partial charge in [-0.15, -0.1) is 0 Å². The summed E-state index contributed by atoms with van der Waals surface area (Å²) in [5.41, 5.74) is 1.19. The SMILES string of the molecule is COc1ccc(N2CCN(C)C2c2ccco2)cc1. The van der Waals surface area contributed by atoms with E-state index in [1.54, 1.807) is 13.4 Å². The molecule has 2 heterocycles. The maximum Gasteiger partial charge on any atom is 0.142 e. The molecular weight excluding hydrogens is 240 g/mol. The number of methoxy groups -OCH3 is 1. The highest BCUT2D eigenvalue weighted by Crippen LogP contribution is 2.34. The first kappa shape index (κ1) is 12.1. The van der Waals surface area contributed by atoms with Crippen molar-refractivity contribution in [2.45, 2.75) is 6.17 Å². The molecule has 1 saturated heterocycles. The minimum atomic E-state index is 0.170. The Morgan fingerprint density at radius 1 is 1.16 bits per heavy atom. The summed E-state index contributed by atoms with van der Waals surface area (Å²) in [5, 5.41) is 0. The zero-order valence-corrected chi connectivity index (χ0v) is 11.2. The molecule has 1 aliphatic rings. The van der Waals surface area contributed by atoms with Gasteiger partial charge in [0.05, 0.1) is 13.4 Å². The van der Waals surface area contributed by atoms with E-state index in [0.29, 0.717) is 0 Å². The molecule has 0 N–H and O–H groups in total. The lowest BCUT2D eigenvalue weighted by molar-refractivity contribution is 0.277. The molecule has 0 aliphatic carbocycles. The summed E-state index contributed by atoms with van der Waals surface area (Å²) in [6.07, 6.45) is 1.90. The number of hydrogen-bond donors (Lipinski definition) is 0. The van der Waals surface area contributed by atoms with Crippen LogP contribution >= 0.6 is 0 Å². The first-order valence-corrected chi connectivity index (χ1v) is 6.44. The second-order valence-corrected chi connectivity index (χ2v) is 4.76. The minimum Gasteiger partial charge on any atom is -0.497 e. The van der Waals surface area contributed by atoms with Crippen molar-refractivity contribution in [3.8, 4) is 5.75 Å². The number of anilines is 1. The van der Waals surface area contributed by atoms with Crippen LogP contribution in [0.5, 0.6) is 5.75 Å². The molecule has 4 nitrogen and oxygen atoms in total. The Labute approximate surface area is 113 Å². The van der Waals surface area contributed by atoms with E-state index in [2.05, 4.69) is 29.0 Å².